The van der Waals surface area contributed by atoms with Gasteiger partial charge < -0.3 is 0 Å². The first-order valence-corrected chi connectivity index (χ1v) is 9.84. The van der Waals surface area contributed by atoms with Crippen LogP contribution in [-0.2, 0) is 9.84 Å². The molecule has 0 aliphatic heterocycles. The Kier molecular flexibility index (Phi) is 4.44. The first-order chi connectivity index (χ1) is 11.3. The van der Waals surface area contributed by atoms with E-state index < -0.39 is 15.7 Å². The number of benzene rings is 2. The highest BCUT2D eigenvalue weighted by Crippen LogP contribution is 2.27. The third-order valence-electron chi connectivity index (χ3n) is 3.18. The number of fused-ring (bicyclic) bond motifs is 1. The van der Waals surface area contributed by atoms with Gasteiger partial charge in [-0.3, -0.25) is 15.6 Å². The molecule has 0 spiro atoms. The number of rotatable bonds is 4. The Morgan fingerprint density at radius 3 is 2.54 bits per heavy atom. The average Bonchev–Trinajstić information content (AvgIpc) is 2.94. The number of sulfone groups is 1. The molecule has 0 saturated heterocycles. The van der Waals surface area contributed by atoms with Crippen molar-refractivity contribution in [3.63, 3.8) is 0 Å². The minimum absolute atomic E-state index is 0.162. The number of anilines is 1. The summed E-state index contributed by atoms with van der Waals surface area (Å²) in [6.45, 7) is 0. The number of nitrogens with one attached hydrogen (secondary N) is 2. The molecule has 0 atom stereocenters. The summed E-state index contributed by atoms with van der Waals surface area (Å²) in [6.07, 6.45) is 1.11. The minimum Gasteiger partial charge on any atom is -0.273 e. The van der Waals surface area contributed by atoms with Gasteiger partial charge in [-0.25, -0.2) is 13.4 Å². The first-order valence-electron chi connectivity index (χ1n) is 6.75. The van der Waals surface area contributed by atoms with Crippen molar-refractivity contribution in [3.05, 3.63) is 53.1 Å². The maximum absolute atomic E-state index is 12.1. The SMILES string of the molecule is CS(=O)(=O)c1ccc(C(=O)NNc2nc3ccc(Cl)cc3s2)cc1. The molecule has 0 aliphatic rings. The lowest BCUT2D eigenvalue weighted by atomic mass is 10.2. The van der Waals surface area contributed by atoms with Crippen LogP contribution in [0.4, 0.5) is 5.13 Å². The summed E-state index contributed by atoms with van der Waals surface area (Å²) in [5.41, 5.74) is 6.38. The monoisotopic (exact) mass is 381 g/mol. The van der Waals surface area contributed by atoms with Crippen molar-refractivity contribution in [1.29, 1.82) is 0 Å². The van der Waals surface area contributed by atoms with E-state index in [0.717, 1.165) is 16.5 Å². The second-order valence-electron chi connectivity index (χ2n) is 5.01. The van der Waals surface area contributed by atoms with Crippen LogP contribution < -0.4 is 10.9 Å². The van der Waals surface area contributed by atoms with Crippen LogP contribution in [0.15, 0.2) is 47.4 Å². The summed E-state index contributed by atoms with van der Waals surface area (Å²) >= 11 is 7.28. The Labute approximate surface area is 147 Å². The number of hydrazine groups is 1. The van der Waals surface area contributed by atoms with E-state index in [1.807, 2.05) is 0 Å². The van der Waals surface area contributed by atoms with E-state index >= 15 is 0 Å². The maximum Gasteiger partial charge on any atom is 0.269 e. The molecule has 3 aromatic rings. The average molecular weight is 382 g/mol. The van der Waals surface area contributed by atoms with Crippen molar-refractivity contribution in [2.75, 3.05) is 11.7 Å². The van der Waals surface area contributed by atoms with Crippen molar-refractivity contribution in [2.45, 2.75) is 4.90 Å². The zero-order valence-electron chi connectivity index (χ0n) is 12.4. The molecule has 1 amide bonds. The topological polar surface area (TPSA) is 88.2 Å². The Morgan fingerprint density at radius 1 is 1.17 bits per heavy atom. The van der Waals surface area contributed by atoms with Crippen LogP contribution >= 0.6 is 22.9 Å². The highest BCUT2D eigenvalue weighted by molar-refractivity contribution is 7.90. The fourth-order valence-electron chi connectivity index (χ4n) is 1.99. The number of hydrogen-bond donors (Lipinski definition) is 2. The highest BCUT2D eigenvalue weighted by atomic mass is 35.5. The van der Waals surface area contributed by atoms with Crippen LogP contribution in [0, 0.1) is 0 Å². The molecule has 0 bridgehead atoms. The lowest BCUT2D eigenvalue weighted by molar-refractivity contribution is 0.0962. The van der Waals surface area contributed by atoms with Crippen LogP contribution in [0.2, 0.25) is 5.02 Å². The third kappa shape index (κ3) is 3.66. The van der Waals surface area contributed by atoms with Gasteiger partial charge in [0.15, 0.2) is 9.84 Å². The molecule has 1 aromatic heterocycles. The lowest BCUT2D eigenvalue weighted by Gasteiger charge is -2.06. The van der Waals surface area contributed by atoms with Crippen LogP contribution in [0.5, 0.6) is 0 Å². The molecule has 24 heavy (non-hydrogen) atoms. The minimum atomic E-state index is -3.29. The number of carbonyl (C=O) groups excluding carboxylic acids is 1. The van der Waals surface area contributed by atoms with Crippen molar-refractivity contribution < 1.29 is 13.2 Å². The molecule has 1 heterocycles. The smallest absolute Gasteiger partial charge is 0.269 e. The van der Waals surface area contributed by atoms with Gasteiger partial charge >= 0.3 is 0 Å². The zero-order valence-corrected chi connectivity index (χ0v) is 14.8. The Balaban J connectivity index is 1.70. The van der Waals surface area contributed by atoms with Gasteiger partial charge in [0.05, 0.1) is 15.1 Å². The lowest BCUT2D eigenvalue weighted by Crippen LogP contribution is -2.29. The number of thiazole rings is 1. The second-order valence-corrected chi connectivity index (χ2v) is 8.49. The molecule has 0 fully saturated rings. The van der Waals surface area contributed by atoms with E-state index in [0.29, 0.717) is 15.7 Å². The predicted octanol–water partition coefficient (Wildman–Crippen LogP) is 3.11. The van der Waals surface area contributed by atoms with Gasteiger partial charge in [-0.15, -0.1) is 0 Å². The standard InChI is InChI=1S/C15H12ClN3O3S2/c1-24(21,22)11-5-2-9(3-6-11)14(20)18-19-15-17-12-7-4-10(16)8-13(12)23-15/h2-8H,1H3,(H,17,19)(H,18,20). The summed E-state index contributed by atoms with van der Waals surface area (Å²) in [4.78, 5) is 16.6. The van der Waals surface area contributed by atoms with Crippen LogP contribution in [0.3, 0.4) is 0 Å². The Morgan fingerprint density at radius 2 is 1.88 bits per heavy atom. The van der Waals surface area contributed by atoms with Gasteiger partial charge in [-0.2, -0.15) is 0 Å². The summed E-state index contributed by atoms with van der Waals surface area (Å²) in [7, 11) is -3.29. The summed E-state index contributed by atoms with van der Waals surface area (Å²) < 4.78 is 23.7. The van der Waals surface area contributed by atoms with Crippen molar-refractivity contribution >= 4 is 54.0 Å². The van der Waals surface area contributed by atoms with Crippen molar-refractivity contribution in [2.24, 2.45) is 0 Å². The number of aromatic nitrogens is 1. The van der Waals surface area contributed by atoms with Crippen molar-refractivity contribution in [1.82, 2.24) is 10.4 Å². The Hall–Kier alpha value is -2.16. The molecule has 6 nitrogen and oxygen atoms in total. The Bertz CT molecular complexity index is 1010. The second kappa shape index (κ2) is 6.39. The fraction of sp³-hybridized carbons (Fsp3) is 0.0667. The highest BCUT2D eigenvalue weighted by Gasteiger charge is 2.10. The molecule has 124 valence electrons. The van der Waals surface area contributed by atoms with E-state index in [4.69, 9.17) is 11.6 Å². The number of amides is 1. The van der Waals surface area contributed by atoms with E-state index in [1.54, 1.807) is 18.2 Å². The molecular weight excluding hydrogens is 370 g/mol. The molecular formula is C15H12ClN3O3S2. The van der Waals surface area contributed by atoms with Gasteiger partial charge in [-0.05, 0) is 42.5 Å². The van der Waals surface area contributed by atoms with Crippen LogP contribution in [-0.4, -0.2) is 25.6 Å². The zero-order chi connectivity index (χ0) is 17.3. The molecule has 0 saturated carbocycles. The number of nitrogens with zero attached hydrogens (tertiary/aromatic N) is 1. The quantitative estimate of drug-likeness (QED) is 0.678. The molecule has 9 heteroatoms. The van der Waals surface area contributed by atoms with Gasteiger partial charge in [0.1, 0.15) is 0 Å². The van der Waals surface area contributed by atoms with Gasteiger partial charge in [0.25, 0.3) is 5.91 Å². The van der Waals surface area contributed by atoms with Gasteiger partial charge in [0, 0.05) is 16.8 Å². The summed E-state index contributed by atoms with van der Waals surface area (Å²) in [6, 6.07) is 11.0. The largest absolute Gasteiger partial charge is 0.273 e. The van der Waals surface area contributed by atoms with Crippen LogP contribution in [0.1, 0.15) is 10.4 Å². The number of halogens is 1. The summed E-state index contributed by atoms with van der Waals surface area (Å²) in [5, 5.41) is 1.14. The maximum atomic E-state index is 12.1. The molecule has 0 aliphatic carbocycles. The normalized spacial score (nSPS) is 11.4. The molecule has 2 N–H and O–H groups in total. The van der Waals surface area contributed by atoms with E-state index in [1.165, 1.54) is 35.6 Å². The predicted molar refractivity (Wildman–Crippen MR) is 95.3 cm³/mol. The van der Waals surface area contributed by atoms with E-state index in [-0.39, 0.29) is 4.90 Å². The first kappa shape index (κ1) is 16.7. The summed E-state index contributed by atoms with van der Waals surface area (Å²) in [5.74, 6) is -0.396. The molecule has 0 unspecified atom stereocenters. The van der Waals surface area contributed by atoms with Crippen molar-refractivity contribution in [3.8, 4) is 0 Å². The molecule has 3 rings (SSSR count). The van der Waals surface area contributed by atoms with E-state index in [9.17, 15) is 13.2 Å². The van der Waals surface area contributed by atoms with Crippen LogP contribution in [0.25, 0.3) is 10.2 Å². The van der Waals surface area contributed by atoms with Gasteiger partial charge in [-0.1, -0.05) is 22.9 Å². The van der Waals surface area contributed by atoms with Gasteiger partial charge in [0.2, 0.25) is 5.13 Å². The number of carbonyl (C=O) groups is 1. The molecule has 0 radical (unpaired) electrons. The van der Waals surface area contributed by atoms with E-state index in [2.05, 4.69) is 15.8 Å². The molecule has 2 aromatic carbocycles. The third-order valence-corrected chi connectivity index (χ3v) is 5.48. The fourth-order valence-corrected chi connectivity index (χ4v) is 3.71. The number of hydrogen-bond acceptors (Lipinski definition) is 6.